The van der Waals surface area contributed by atoms with E-state index in [1.165, 1.54) is 0 Å². The lowest BCUT2D eigenvalue weighted by Crippen LogP contribution is -1.99. The topological polar surface area (TPSA) is 27.1 Å². The molecule has 0 fully saturated rings. The Bertz CT molecular complexity index is 225. The van der Waals surface area contributed by atoms with Crippen molar-refractivity contribution >= 4 is 11.8 Å². The fourth-order valence-corrected chi connectivity index (χ4v) is 1.33. The van der Waals surface area contributed by atoms with E-state index in [0.717, 1.165) is 23.9 Å². The van der Waals surface area contributed by atoms with E-state index in [1.54, 1.807) is 10.9 Å². The molecule has 0 unspecified atom stereocenters. The molecule has 12 heavy (non-hydrogen) atoms. The van der Waals surface area contributed by atoms with E-state index in [1.807, 2.05) is 25.0 Å². The van der Waals surface area contributed by atoms with E-state index < -0.39 is 0 Å². The molecule has 0 saturated carbocycles. The molecule has 0 spiro atoms. The minimum atomic E-state index is 0.768. The average Bonchev–Trinajstić information content (AvgIpc) is 2.45. The molecule has 68 valence electrons. The fraction of sp³-hybridized carbons (Fsp3) is 0.625. The molecule has 0 amide bonds. The van der Waals surface area contributed by atoms with Gasteiger partial charge in [-0.3, -0.25) is 4.68 Å². The molecule has 1 aromatic rings. The molecule has 0 aliphatic heterocycles. The van der Waals surface area contributed by atoms with Gasteiger partial charge in [0.05, 0.1) is 19.0 Å². The van der Waals surface area contributed by atoms with Crippen LogP contribution in [0.1, 0.15) is 6.92 Å². The van der Waals surface area contributed by atoms with Crippen molar-refractivity contribution in [2.75, 3.05) is 18.1 Å². The van der Waals surface area contributed by atoms with Crippen LogP contribution in [0.3, 0.4) is 0 Å². The first kappa shape index (κ1) is 9.45. The summed E-state index contributed by atoms with van der Waals surface area (Å²) in [6.07, 6.45) is 3.60. The van der Waals surface area contributed by atoms with Gasteiger partial charge in [0, 0.05) is 12.8 Å². The third-order valence-electron chi connectivity index (χ3n) is 1.38. The number of rotatable bonds is 5. The van der Waals surface area contributed by atoms with Crippen molar-refractivity contribution in [3.05, 3.63) is 12.4 Å². The number of nitrogens with zero attached hydrogens (tertiary/aromatic N) is 2. The molecule has 0 aliphatic carbocycles. The second kappa shape index (κ2) is 5.09. The van der Waals surface area contributed by atoms with Crippen LogP contribution >= 0.6 is 11.8 Å². The van der Waals surface area contributed by atoms with E-state index in [2.05, 4.69) is 12.0 Å². The van der Waals surface area contributed by atoms with Gasteiger partial charge in [-0.1, -0.05) is 6.92 Å². The monoisotopic (exact) mass is 186 g/mol. The zero-order valence-electron chi connectivity index (χ0n) is 7.49. The summed E-state index contributed by atoms with van der Waals surface area (Å²) >= 11 is 1.88. The van der Waals surface area contributed by atoms with Crippen molar-refractivity contribution in [1.82, 2.24) is 9.78 Å². The second-order valence-electron chi connectivity index (χ2n) is 2.40. The van der Waals surface area contributed by atoms with Gasteiger partial charge in [-0.05, 0) is 5.75 Å². The minimum Gasteiger partial charge on any atom is -0.489 e. The van der Waals surface area contributed by atoms with Crippen LogP contribution < -0.4 is 4.74 Å². The van der Waals surface area contributed by atoms with Crippen LogP contribution in [-0.2, 0) is 7.05 Å². The van der Waals surface area contributed by atoms with E-state index in [9.17, 15) is 0 Å². The molecular weight excluding hydrogens is 172 g/mol. The number of aromatic nitrogens is 2. The molecule has 1 rings (SSSR count). The number of thioether (sulfide) groups is 1. The second-order valence-corrected chi connectivity index (χ2v) is 3.79. The van der Waals surface area contributed by atoms with Crippen LogP contribution in [0.2, 0.25) is 0 Å². The number of hydrogen-bond donors (Lipinski definition) is 0. The summed E-state index contributed by atoms with van der Waals surface area (Å²) in [5.41, 5.74) is 0. The summed E-state index contributed by atoms with van der Waals surface area (Å²) in [6, 6.07) is 0. The van der Waals surface area contributed by atoms with Crippen LogP contribution in [0.25, 0.3) is 0 Å². The molecule has 4 heteroatoms. The van der Waals surface area contributed by atoms with Gasteiger partial charge >= 0.3 is 0 Å². The third kappa shape index (κ3) is 3.17. The number of aryl methyl sites for hydroxylation is 1. The maximum absolute atomic E-state index is 5.42. The fourth-order valence-electron chi connectivity index (χ4n) is 0.836. The first-order valence-corrected chi connectivity index (χ1v) is 5.17. The summed E-state index contributed by atoms with van der Waals surface area (Å²) in [6.45, 7) is 2.92. The van der Waals surface area contributed by atoms with Gasteiger partial charge < -0.3 is 4.74 Å². The summed E-state index contributed by atoms with van der Waals surface area (Å²) in [4.78, 5) is 0. The lowest BCUT2D eigenvalue weighted by atomic mass is 10.6. The largest absolute Gasteiger partial charge is 0.489 e. The Kier molecular flexibility index (Phi) is 4.00. The van der Waals surface area contributed by atoms with E-state index in [-0.39, 0.29) is 0 Å². The van der Waals surface area contributed by atoms with Gasteiger partial charge in [0.25, 0.3) is 0 Å². The maximum atomic E-state index is 5.42. The lowest BCUT2D eigenvalue weighted by Gasteiger charge is -2.00. The Morgan fingerprint density at radius 1 is 1.67 bits per heavy atom. The molecule has 0 aliphatic rings. The van der Waals surface area contributed by atoms with Gasteiger partial charge in [-0.2, -0.15) is 16.9 Å². The highest BCUT2D eigenvalue weighted by Crippen LogP contribution is 2.07. The Morgan fingerprint density at radius 3 is 3.08 bits per heavy atom. The van der Waals surface area contributed by atoms with Crippen LogP contribution in [0.15, 0.2) is 12.4 Å². The maximum Gasteiger partial charge on any atom is 0.157 e. The van der Waals surface area contributed by atoms with E-state index in [4.69, 9.17) is 4.74 Å². The predicted molar refractivity (Wildman–Crippen MR) is 51.7 cm³/mol. The highest BCUT2D eigenvalue weighted by atomic mass is 32.2. The van der Waals surface area contributed by atoms with Crippen molar-refractivity contribution in [2.24, 2.45) is 7.05 Å². The summed E-state index contributed by atoms with van der Waals surface area (Å²) < 4.78 is 7.16. The average molecular weight is 186 g/mol. The Morgan fingerprint density at radius 2 is 2.50 bits per heavy atom. The van der Waals surface area contributed by atoms with Gasteiger partial charge in [0.2, 0.25) is 0 Å². The van der Waals surface area contributed by atoms with Crippen LogP contribution in [0.4, 0.5) is 0 Å². The first-order chi connectivity index (χ1) is 5.83. The molecular formula is C8H14N2OS. The van der Waals surface area contributed by atoms with Gasteiger partial charge in [0.15, 0.2) is 5.75 Å². The van der Waals surface area contributed by atoms with Crippen LogP contribution in [0.5, 0.6) is 5.75 Å². The van der Waals surface area contributed by atoms with Gasteiger partial charge in [-0.25, -0.2) is 0 Å². The summed E-state index contributed by atoms with van der Waals surface area (Å²) in [5, 5.41) is 4.00. The molecule has 0 aromatic carbocycles. The zero-order valence-corrected chi connectivity index (χ0v) is 8.30. The smallest absolute Gasteiger partial charge is 0.157 e. The predicted octanol–water partition coefficient (Wildman–Crippen LogP) is 1.55. The molecule has 3 nitrogen and oxygen atoms in total. The minimum absolute atomic E-state index is 0.768. The Labute approximate surface area is 77.1 Å². The zero-order chi connectivity index (χ0) is 8.81. The molecule has 1 aromatic heterocycles. The van der Waals surface area contributed by atoms with Crippen LogP contribution in [-0.4, -0.2) is 27.9 Å². The van der Waals surface area contributed by atoms with Crippen LogP contribution in [0, 0.1) is 0 Å². The summed E-state index contributed by atoms with van der Waals surface area (Å²) in [5.74, 6) is 3.05. The Balaban J connectivity index is 2.15. The van der Waals surface area contributed by atoms with E-state index >= 15 is 0 Å². The van der Waals surface area contributed by atoms with Crippen molar-refractivity contribution in [3.63, 3.8) is 0 Å². The normalized spacial score (nSPS) is 10.2. The number of ether oxygens (including phenoxy) is 1. The SMILES string of the molecule is CCSCCOc1cnn(C)c1. The molecule has 0 bridgehead atoms. The van der Waals surface area contributed by atoms with Crippen molar-refractivity contribution in [3.8, 4) is 5.75 Å². The van der Waals surface area contributed by atoms with E-state index in [0.29, 0.717) is 0 Å². The molecule has 0 N–H and O–H groups in total. The third-order valence-corrected chi connectivity index (χ3v) is 2.25. The van der Waals surface area contributed by atoms with Crippen molar-refractivity contribution < 1.29 is 4.74 Å². The first-order valence-electron chi connectivity index (χ1n) is 4.02. The highest BCUT2D eigenvalue weighted by molar-refractivity contribution is 7.99. The molecule has 1 heterocycles. The standard InChI is InChI=1S/C8H14N2OS/c1-3-12-5-4-11-8-6-9-10(2)7-8/h6-7H,3-5H2,1-2H3. The highest BCUT2D eigenvalue weighted by Gasteiger charge is 1.94. The quantitative estimate of drug-likeness (QED) is 0.653. The van der Waals surface area contributed by atoms with Crippen molar-refractivity contribution in [1.29, 1.82) is 0 Å². The van der Waals surface area contributed by atoms with Gasteiger partial charge in [0.1, 0.15) is 0 Å². The molecule has 0 atom stereocenters. The lowest BCUT2D eigenvalue weighted by molar-refractivity contribution is 0.343. The van der Waals surface area contributed by atoms with Gasteiger partial charge in [-0.15, -0.1) is 0 Å². The van der Waals surface area contributed by atoms with Crippen molar-refractivity contribution in [2.45, 2.75) is 6.92 Å². The Hall–Kier alpha value is -0.640. The molecule has 0 radical (unpaired) electrons. The summed E-state index contributed by atoms with van der Waals surface area (Å²) in [7, 11) is 1.88. The number of hydrogen-bond acceptors (Lipinski definition) is 3. The molecule has 0 saturated heterocycles.